The molecule has 1 aromatic heterocycles. The van der Waals surface area contributed by atoms with Crippen molar-refractivity contribution >= 4 is 28.5 Å². The Morgan fingerprint density at radius 1 is 0.885 bits per heavy atom. The summed E-state index contributed by atoms with van der Waals surface area (Å²) in [6.07, 6.45) is 0. The highest BCUT2D eigenvalue weighted by molar-refractivity contribution is 6.00. The van der Waals surface area contributed by atoms with Crippen LogP contribution in [-0.4, -0.2) is 11.0 Å². The van der Waals surface area contributed by atoms with Crippen LogP contribution in [-0.2, 0) is 0 Å². The number of hydrogen-bond donors (Lipinski definition) is 2. The van der Waals surface area contributed by atoms with Crippen molar-refractivity contribution in [1.82, 2.24) is 4.98 Å². The van der Waals surface area contributed by atoms with Crippen molar-refractivity contribution in [1.29, 1.82) is 0 Å². The van der Waals surface area contributed by atoms with Gasteiger partial charge in [0.05, 0.1) is 0 Å². The molecule has 128 valence electrons. The van der Waals surface area contributed by atoms with E-state index in [1.165, 1.54) is 0 Å². The fourth-order valence-electron chi connectivity index (χ4n) is 2.69. The number of fused-ring (bicyclic) bond motifs is 1. The minimum absolute atomic E-state index is 0.283. The van der Waals surface area contributed by atoms with E-state index >= 15 is 0 Å². The number of oxazole rings is 1. The fourth-order valence-corrected chi connectivity index (χ4v) is 2.69. The third kappa shape index (κ3) is 3.28. The first-order chi connectivity index (χ1) is 12.7. The summed E-state index contributed by atoms with van der Waals surface area (Å²) in [4.78, 5) is 16.6. The maximum atomic E-state index is 12.2. The molecule has 0 saturated heterocycles. The quantitative estimate of drug-likeness (QED) is 0.520. The van der Waals surface area contributed by atoms with E-state index in [1.54, 1.807) is 0 Å². The van der Waals surface area contributed by atoms with Gasteiger partial charge in [0.15, 0.2) is 5.58 Å². The summed E-state index contributed by atoms with van der Waals surface area (Å²) in [7, 11) is 0. The molecule has 0 atom stereocenters. The van der Waals surface area contributed by atoms with Crippen molar-refractivity contribution in [2.75, 3.05) is 10.6 Å². The summed E-state index contributed by atoms with van der Waals surface area (Å²) >= 11 is 0. The Labute approximate surface area is 150 Å². The van der Waals surface area contributed by atoms with Gasteiger partial charge in [0.1, 0.15) is 5.52 Å². The summed E-state index contributed by atoms with van der Waals surface area (Å²) in [6, 6.07) is 22.4. The molecule has 0 unspecified atom stereocenters. The standard InChI is InChI=1S/C21H17N3O2/c1-14-6-2-3-7-17(14)24-21(25)22-16-12-10-15(11-13-16)20-23-18-8-4-5-9-19(18)26-20/h2-13H,1H3,(H2,22,24,25). The van der Waals surface area contributed by atoms with Gasteiger partial charge in [-0.25, -0.2) is 9.78 Å². The predicted molar refractivity (Wildman–Crippen MR) is 103 cm³/mol. The van der Waals surface area contributed by atoms with Gasteiger partial charge in [-0.15, -0.1) is 0 Å². The maximum absolute atomic E-state index is 12.2. The Hall–Kier alpha value is -3.60. The molecule has 0 aliphatic rings. The number of amides is 2. The Kier molecular flexibility index (Phi) is 4.11. The van der Waals surface area contributed by atoms with Gasteiger partial charge in [-0.05, 0) is 55.0 Å². The van der Waals surface area contributed by atoms with Crippen molar-refractivity contribution in [3.05, 3.63) is 78.4 Å². The summed E-state index contributed by atoms with van der Waals surface area (Å²) in [5.41, 5.74) is 4.91. The number of nitrogens with one attached hydrogen (secondary N) is 2. The van der Waals surface area contributed by atoms with E-state index in [9.17, 15) is 4.79 Å². The lowest BCUT2D eigenvalue weighted by molar-refractivity contribution is 0.262. The van der Waals surface area contributed by atoms with Gasteiger partial charge in [0, 0.05) is 16.9 Å². The lowest BCUT2D eigenvalue weighted by Crippen LogP contribution is -2.19. The van der Waals surface area contributed by atoms with Crippen LogP contribution >= 0.6 is 0 Å². The molecule has 1 heterocycles. The van der Waals surface area contributed by atoms with Crippen LogP contribution < -0.4 is 10.6 Å². The molecule has 0 saturated carbocycles. The zero-order valence-corrected chi connectivity index (χ0v) is 14.2. The number of carbonyl (C=O) groups excluding carboxylic acids is 1. The summed E-state index contributed by atoms with van der Waals surface area (Å²) < 4.78 is 5.76. The van der Waals surface area contributed by atoms with Gasteiger partial charge in [-0.3, -0.25) is 0 Å². The second kappa shape index (κ2) is 6.72. The molecular formula is C21H17N3O2. The van der Waals surface area contributed by atoms with Crippen LogP contribution in [0.5, 0.6) is 0 Å². The Bertz CT molecular complexity index is 1040. The second-order valence-corrected chi connectivity index (χ2v) is 5.96. The lowest BCUT2D eigenvalue weighted by Gasteiger charge is -2.09. The molecule has 26 heavy (non-hydrogen) atoms. The smallest absolute Gasteiger partial charge is 0.323 e. The topological polar surface area (TPSA) is 67.2 Å². The number of para-hydroxylation sites is 3. The maximum Gasteiger partial charge on any atom is 0.323 e. The van der Waals surface area contributed by atoms with Crippen LogP contribution in [0.3, 0.4) is 0 Å². The van der Waals surface area contributed by atoms with Crippen molar-refractivity contribution in [3.8, 4) is 11.5 Å². The molecular weight excluding hydrogens is 326 g/mol. The molecule has 5 heteroatoms. The van der Waals surface area contributed by atoms with Crippen LogP contribution in [0.2, 0.25) is 0 Å². The number of benzene rings is 3. The number of nitrogens with zero attached hydrogens (tertiary/aromatic N) is 1. The highest BCUT2D eigenvalue weighted by Crippen LogP contribution is 2.25. The first-order valence-electron chi connectivity index (χ1n) is 8.29. The highest BCUT2D eigenvalue weighted by Gasteiger charge is 2.09. The number of aromatic nitrogens is 1. The Morgan fingerprint density at radius 3 is 2.38 bits per heavy atom. The van der Waals surface area contributed by atoms with E-state index < -0.39 is 0 Å². The number of aryl methyl sites for hydroxylation is 1. The second-order valence-electron chi connectivity index (χ2n) is 5.96. The van der Waals surface area contributed by atoms with Gasteiger partial charge in [-0.1, -0.05) is 30.3 Å². The van der Waals surface area contributed by atoms with E-state index in [1.807, 2.05) is 79.7 Å². The van der Waals surface area contributed by atoms with Gasteiger partial charge < -0.3 is 15.1 Å². The SMILES string of the molecule is Cc1ccccc1NC(=O)Nc1ccc(-c2nc3ccccc3o2)cc1. The summed E-state index contributed by atoms with van der Waals surface area (Å²) in [5.74, 6) is 0.558. The molecule has 4 aromatic rings. The van der Waals surface area contributed by atoms with Crippen molar-refractivity contribution in [2.45, 2.75) is 6.92 Å². The monoisotopic (exact) mass is 343 g/mol. The van der Waals surface area contributed by atoms with E-state index in [-0.39, 0.29) is 6.03 Å². The normalized spacial score (nSPS) is 10.7. The summed E-state index contributed by atoms with van der Waals surface area (Å²) in [6.45, 7) is 1.95. The zero-order chi connectivity index (χ0) is 17.9. The van der Waals surface area contributed by atoms with Gasteiger partial charge in [-0.2, -0.15) is 0 Å². The minimum atomic E-state index is -0.283. The van der Waals surface area contributed by atoms with Crippen LogP contribution in [0, 0.1) is 6.92 Å². The largest absolute Gasteiger partial charge is 0.436 e. The van der Waals surface area contributed by atoms with Crippen LogP contribution in [0.25, 0.3) is 22.6 Å². The molecule has 2 N–H and O–H groups in total. The van der Waals surface area contributed by atoms with Crippen molar-refractivity contribution in [2.24, 2.45) is 0 Å². The van der Waals surface area contributed by atoms with Crippen LogP contribution in [0.15, 0.2) is 77.2 Å². The Balaban J connectivity index is 1.47. The van der Waals surface area contributed by atoms with E-state index in [0.717, 1.165) is 27.9 Å². The third-order valence-corrected chi connectivity index (χ3v) is 4.08. The zero-order valence-electron chi connectivity index (χ0n) is 14.2. The first-order valence-corrected chi connectivity index (χ1v) is 8.29. The van der Waals surface area contributed by atoms with E-state index in [4.69, 9.17) is 4.42 Å². The number of rotatable bonds is 3. The average Bonchev–Trinajstić information content (AvgIpc) is 3.08. The van der Waals surface area contributed by atoms with E-state index in [0.29, 0.717) is 11.6 Å². The molecule has 2 amide bonds. The number of carbonyl (C=O) groups is 1. The third-order valence-electron chi connectivity index (χ3n) is 4.08. The minimum Gasteiger partial charge on any atom is -0.436 e. The average molecular weight is 343 g/mol. The lowest BCUT2D eigenvalue weighted by atomic mass is 10.2. The highest BCUT2D eigenvalue weighted by atomic mass is 16.3. The van der Waals surface area contributed by atoms with Crippen molar-refractivity contribution < 1.29 is 9.21 Å². The molecule has 0 aliphatic heterocycles. The molecule has 0 aliphatic carbocycles. The van der Waals surface area contributed by atoms with Crippen LogP contribution in [0.1, 0.15) is 5.56 Å². The summed E-state index contributed by atoms with van der Waals surface area (Å²) in [5, 5.41) is 5.66. The Morgan fingerprint density at radius 2 is 1.62 bits per heavy atom. The number of hydrogen-bond acceptors (Lipinski definition) is 3. The fraction of sp³-hybridized carbons (Fsp3) is 0.0476. The molecule has 3 aromatic carbocycles. The molecule has 0 radical (unpaired) electrons. The van der Waals surface area contributed by atoms with Crippen molar-refractivity contribution in [3.63, 3.8) is 0 Å². The molecule has 0 bridgehead atoms. The molecule has 5 nitrogen and oxygen atoms in total. The predicted octanol–water partition coefficient (Wildman–Crippen LogP) is 5.45. The van der Waals surface area contributed by atoms with Gasteiger partial charge >= 0.3 is 6.03 Å². The first kappa shape index (κ1) is 15.9. The van der Waals surface area contributed by atoms with E-state index in [2.05, 4.69) is 15.6 Å². The molecule has 0 fully saturated rings. The van der Waals surface area contributed by atoms with Crippen LogP contribution in [0.4, 0.5) is 16.2 Å². The van der Waals surface area contributed by atoms with Gasteiger partial charge in [0.2, 0.25) is 5.89 Å². The number of anilines is 2. The molecule has 4 rings (SSSR count). The van der Waals surface area contributed by atoms with Gasteiger partial charge in [0.25, 0.3) is 0 Å². The molecule has 0 spiro atoms. The number of urea groups is 1.